The Morgan fingerprint density at radius 2 is 1.41 bits per heavy atom. The smallest absolute Gasteiger partial charge is 0.387 e. The number of halogens is 3. The second-order valence-corrected chi connectivity index (χ2v) is 7.77. The van der Waals surface area contributed by atoms with E-state index in [4.69, 9.17) is 0 Å². The van der Waals surface area contributed by atoms with Gasteiger partial charge in [-0.3, -0.25) is 4.39 Å². The molecule has 0 spiro atoms. The first kappa shape index (κ1) is 21.5. The average Bonchev–Trinajstić information content (AvgIpc) is 2.74. The van der Waals surface area contributed by atoms with Gasteiger partial charge in [-0.15, -0.1) is 0 Å². The highest BCUT2D eigenvalue weighted by atomic mass is 19.3. The van der Waals surface area contributed by atoms with E-state index >= 15 is 0 Å². The van der Waals surface area contributed by atoms with Crippen LogP contribution < -0.4 is 4.74 Å². The molecular weight excluding hydrogens is 373 g/mol. The maximum Gasteiger partial charge on any atom is 0.387 e. The highest BCUT2D eigenvalue weighted by Crippen LogP contribution is 2.38. The van der Waals surface area contributed by atoms with E-state index in [2.05, 4.69) is 35.1 Å². The standard InChI is InChI=1S/C25H29F3O/c26-18-4-2-1-3-5-19-6-8-20(9-7-19)21-10-12-22(13-11-21)23-14-16-24(17-15-23)29-25(27)28/h1-2,10-17,19-20,25H,3-9,18H2/b2-1+/t19-,20-. The van der Waals surface area contributed by atoms with Gasteiger partial charge in [-0.05, 0) is 85.6 Å². The largest absolute Gasteiger partial charge is 0.435 e. The number of rotatable bonds is 9. The zero-order chi connectivity index (χ0) is 20.5. The molecule has 1 aliphatic rings. The van der Waals surface area contributed by atoms with Crippen LogP contribution in [0, 0.1) is 5.92 Å². The van der Waals surface area contributed by atoms with Gasteiger partial charge in [0.25, 0.3) is 0 Å². The summed E-state index contributed by atoms with van der Waals surface area (Å²) >= 11 is 0. The molecule has 0 unspecified atom stereocenters. The maximum atomic E-state index is 12.3. The molecule has 0 radical (unpaired) electrons. The minimum atomic E-state index is -2.80. The summed E-state index contributed by atoms with van der Waals surface area (Å²) < 4.78 is 41.0. The number of allylic oxidation sites excluding steroid dienone is 2. The summed E-state index contributed by atoms with van der Waals surface area (Å²) in [5.41, 5.74) is 3.45. The summed E-state index contributed by atoms with van der Waals surface area (Å²) in [5.74, 6) is 1.58. The van der Waals surface area contributed by atoms with E-state index in [1.54, 1.807) is 24.3 Å². The van der Waals surface area contributed by atoms with Crippen molar-refractivity contribution in [3.05, 3.63) is 66.2 Å². The van der Waals surface area contributed by atoms with Gasteiger partial charge in [0.05, 0.1) is 6.67 Å². The van der Waals surface area contributed by atoms with Crippen LogP contribution >= 0.6 is 0 Å². The van der Waals surface area contributed by atoms with Crippen LogP contribution in [0.2, 0.25) is 0 Å². The lowest BCUT2D eigenvalue weighted by Gasteiger charge is -2.28. The van der Waals surface area contributed by atoms with E-state index < -0.39 is 6.61 Å². The van der Waals surface area contributed by atoms with Crippen LogP contribution in [0.15, 0.2) is 60.7 Å². The number of hydrogen-bond donors (Lipinski definition) is 0. The van der Waals surface area contributed by atoms with E-state index in [0.717, 1.165) is 23.5 Å². The van der Waals surface area contributed by atoms with Crippen LogP contribution in [0.5, 0.6) is 5.75 Å². The highest BCUT2D eigenvalue weighted by Gasteiger charge is 2.21. The Kier molecular flexibility index (Phi) is 8.21. The molecule has 0 bridgehead atoms. The van der Waals surface area contributed by atoms with E-state index in [-0.39, 0.29) is 12.4 Å². The van der Waals surface area contributed by atoms with Gasteiger partial charge in [-0.1, -0.05) is 48.6 Å². The monoisotopic (exact) mass is 402 g/mol. The van der Waals surface area contributed by atoms with Gasteiger partial charge in [0.1, 0.15) is 5.75 Å². The third kappa shape index (κ3) is 6.66. The summed E-state index contributed by atoms with van der Waals surface area (Å²) in [6.07, 6.45) is 11.8. The summed E-state index contributed by atoms with van der Waals surface area (Å²) in [4.78, 5) is 0. The molecule has 0 aromatic heterocycles. The SMILES string of the molecule is FCC/C=C/CC[C@H]1CC[C@H](c2ccc(-c3ccc(OC(F)F)cc3)cc2)CC1. The van der Waals surface area contributed by atoms with Crippen molar-refractivity contribution in [3.8, 4) is 16.9 Å². The molecule has 0 aliphatic heterocycles. The van der Waals surface area contributed by atoms with E-state index in [9.17, 15) is 13.2 Å². The Morgan fingerprint density at radius 3 is 2.00 bits per heavy atom. The van der Waals surface area contributed by atoms with Crippen molar-refractivity contribution in [1.82, 2.24) is 0 Å². The lowest BCUT2D eigenvalue weighted by Crippen LogP contribution is -2.13. The number of ether oxygens (including phenoxy) is 1. The summed E-state index contributed by atoms with van der Waals surface area (Å²) in [6.45, 7) is -3.06. The Hall–Kier alpha value is -2.23. The molecule has 1 saturated carbocycles. The molecule has 0 N–H and O–H groups in total. The lowest BCUT2D eigenvalue weighted by molar-refractivity contribution is -0.0498. The Morgan fingerprint density at radius 1 is 0.828 bits per heavy atom. The normalized spacial score (nSPS) is 19.7. The Bertz CT molecular complexity index is 745. The van der Waals surface area contributed by atoms with Crippen molar-refractivity contribution in [2.75, 3.05) is 6.67 Å². The van der Waals surface area contributed by atoms with Crippen molar-refractivity contribution in [2.45, 2.75) is 57.5 Å². The first-order valence-corrected chi connectivity index (χ1v) is 10.5. The predicted molar refractivity (Wildman–Crippen MR) is 112 cm³/mol. The summed E-state index contributed by atoms with van der Waals surface area (Å²) in [5, 5.41) is 0. The second-order valence-electron chi connectivity index (χ2n) is 7.77. The van der Waals surface area contributed by atoms with Crippen molar-refractivity contribution in [1.29, 1.82) is 0 Å². The van der Waals surface area contributed by atoms with Crippen LogP contribution in [0.4, 0.5) is 13.2 Å². The van der Waals surface area contributed by atoms with Crippen LogP contribution in [-0.2, 0) is 0 Å². The summed E-state index contributed by atoms with van der Waals surface area (Å²) in [7, 11) is 0. The molecule has 156 valence electrons. The fourth-order valence-electron chi connectivity index (χ4n) is 4.19. The predicted octanol–water partition coefficient (Wildman–Crippen LogP) is 7.92. The van der Waals surface area contributed by atoms with Gasteiger partial charge >= 0.3 is 6.61 Å². The average molecular weight is 403 g/mol. The minimum Gasteiger partial charge on any atom is -0.435 e. The second kappa shape index (κ2) is 11.1. The highest BCUT2D eigenvalue weighted by molar-refractivity contribution is 5.64. The van der Waals surface area contributed by atoms with Crippen molar-refractivity contribution >= 4 is 0 Å². The topological polar surface area (TPSA) is 9.23 Å². The molecule has 29 heavy (non-hydrogen) atoms. The minimum absolute atomic E-state index is 0.176. The first-order chi connectivity index (χ1) is 14.2. The first-order valence-electron chi connectivity index (χ1n) is 10.5. The van der Waals surface area contributed by atoms with Crippen molar-refractivity contribution in [3.63, 3.8) is 0 Å². The Balaban J connectivity index is 1.49. The zero-order valence-corrected chi connectivity index (χ0v) is 16.7. The maximum absolute atomic E-state index is 12.3. The van der Waals surface area contributed by atoms with Crippen molar-refractivity contribution in [2.24, 2.45) is 5.92 Å². The van der Waals surface area contributed by atoms with Crippen LogP contribution in [0.25, 0.3) is 11.1 Å². The van der Waals surface area contributed by atoms with Crippen LogP contribution in [-0.4, -0.2) is 13.3 Å². The summed E-state index contributed by atoms with van der Waals surface area (Å²) in [6, 6.07) is 15.4. The fraction of sp³-hybridized carbons (Fsp3) is 0.440. The molecular formula is C25H29F3O. The van der Waals surface area contributed by atoms with Gasteiger partial charge in [-0.2, -0.15) is 8.78 Å². The van der Waals surface area contributed by atoms with E-state index in [1.807, 2.05) is 6.08 Å². The number of benzene rings is 2. The molecule has 0 heterocycles. The van der Waals surface area contributed by atoms with Crippen molar-refractivity contribution < 1.29 is 17.9 Å². The third-order valence-corrected chi connectivity index (χ3v) is 5.83. The van der Waals surface area contributed by atoms with E-state index in [1.165, 1.54) is 37.7 Å². The molecule has 3 rings (SSSR count). The van der Waals surface area contributed by atoms with Crippen LogP contribution in [0.3, 0.4) is 0 Å². The van der Waals surface area contributed by atoms with E-state index in [0.29, 0.717) is 12.3 Å². The van der Waals surface area contributed by atoms with Gasteiger partial charge in [0, 0.05) is 0 Å². The van der Waals surface area contributed by atoms with Gasteiger partial charge < -0.3 is 4.74 Å². The molecule has 0 atom stereocenters. The molecule has 2 aromatic carbocycles. The molecule has 2 aromatic rings. The van der Waals surface area contributed by atoms with Crippen LogP contribution in [0.1, 0.15) is 56.4 Å². The zero-order valence-electron chi connectivity index (χ0n) is 16.7. The Labute approximate surface area is 171 Å². The van der Waals surface area contributed by atoms with Gasteiger partial charge in [-0.25, -0.2) is 0 Å². The van der Waals surface area contributed by atoms with Gasteiger partial charge in [0.2, 0.25) is 0 Å². The third-order valence-electron chi connectivity index (χ3n) is 5.83. The molecule has 1 aliphatic carbocycles. The molecule has 1 nitrogen and oxygen atoms in total. The fourth-order valence-corrected chi connectivity index (χ4v) is 4.19. The number of hydrogen-bond acceptors (Lipinski definition) is 1. The quantitative estimate of drug-likeness (QED) is 0.387. The molecule has 1 fully saturated rings. The molecule has 0 amide bonds. The van der Waals surface area contributed by atoms with Gasteiger partial charge in [0.15, 0.2) is 0 Å². The lowest BCUT2D eigenvalue weighted by atomic mass is 9.77. The number of alkyl halides is 3. The molecule has 4 heteroatoms. The molecule has 0 saturated heterocycles.